The third kappa shape index (κ3) is 68.5. The van der Waals surface area contributed by atoms with Gasteiger partial charge in [0.1, 0.15) is 19.3 Å². The third-order valence-corrected chi connectivity index (χ3v) is 19.4. The maximum atomic E-state index is 13.1. The van der Waals surface area contributed by atoms with E-state index in [1.165, 1.54) is 173 Å². The summed E-state index contributed by atoms with van der Waals surface area (Å²) in [5, 5.41) is 10.6. The van der Waals surface area contributed by atoms with Gasteiger partial charge in [-0.25, -0.2) is 9.13 Å². The molecule has 0 radical (unpaired) electrons. The molecule has 0 heterocycles. The number of esters is 4. The molecule has 19 heteroatoms. The quantitative estimate of drug-likeness (QED) is 0.0169. The van der Waals surface area contributed by atoms with Crippen molar-refractivity contribution >= 4 is 39.5 Å². The van der Waals surface area contributed by atoms with Crippen LogP contribution in [0.15, 0.2) is 24.3 Å². The van der Waals surface area contributed by atoms with Gasteiger partial charge in [0.05, 0.1) is 26.4 Å². The van der Waals surface area contributed by atoms with Gasteiger partial charge in [0.15, 0.2) is 12.2 Å². The molecule has 17 nitrogen and oxygen atoms in total. The van der Waals surface area contributed by atoms with Crippen LogP contribution >= 0.6 is 15.6 Å². The van der Waals surface area contributed by atoms with Crippen molar-refractivity contribution in [2.75, 3.05) is 39.6 Å². The van der Waals surface area contributed by atoms with Crippen LogP contribution in [0.25, 0.3) is 0 Å². The second-order valence-corrected chi connectivity index (χ2v) is 29.9. The maximum absolute atomic E-state index is 13.1. The maximum Gasteiger partial charge on any atom is 0.472 e. The number of phosphoric acid groups is 2. The molecule has 0 aromatic rings. The molecule has 0 aliphatic rings. The summed E-state index contributed by atoms with van der Waals surface area (Å²) in [5.74, 6) is -1.41. The highest BCUT2D eigenvalue weighted by molar-refractivity contribution is 7.47. The molecule has 0 bridgehead atoms. The number of unbranched alkanes of at least 4 members (excludes halogenated alkanes) is 42. The predicted octanol–water partition coefficient (Wildman–Crippen LogP) is 22.0. The van der Waals surface area contributed by atoms with Crippen molar-refractivity contribution in [2.45, 2.75) is 393 Å². The minimum Gasteiger partial charge on any atom is -0.462 e. The summed E-state index contributed by atoms with van der Waals surface area (Å²) < 4.78 is 68.5. The van der Waals surface area contributed by atoms with Gasteiger partial charge in [-0.05, 0) is 57.3 Å². The Morgan fingerprint density at radius 3 is 0.895 bits per heavy atom. The fraction of sp³-hybridized carbons (Fsp3) is 0.895. The number of aliphatic hydroxyl groups is 1. The lowest BCUT2D eigenvalue weighted by atomic mass is 10.00. The largest absolute Gasteiger partial charge is 0.472 e. The minimum absolute atomic E-state index is 0.101. The van der Waals surface area contributed by atoms with Crippen LogP contribution in [0, 0.1) is 5.92 Å². The Kier molecular flexibility index (Phi) is 66.9. The first-order valence-corrected chi connectivity index (χ1v) is 42.0. The summed E-state index contributed by atoms with van der Waals surface area (Å²) in [4.78, 5) is 72.8. The van der Waals surface area contributed by atoms with Gasteiger partial charge < -0.3 is 33.8 Å². The smallest absolute Gasteiger partial charge is 0.462 e. The molecular formula is C76H144O17P2. The summed E-state index contributed by atoms with van der Waals surface area (Å²) in [5.41, 5.74) is 0. The number of rotatable bonds is 74. The van der Waals surface area contributed by atoms with E-state index in [0.29, 0.717) is 25.7 Å². The molecule has 3 unspecified atom stereocenters. The second-order valence-electron chi connectivity index (χ2n) is 26.9. The van der Waals surface area contributed by atoms with Crippen LogP contribution in [0.5, 0.6) is 0 Å². The average Bonchev–Trinajstić information content (AvgIpc) is 3.60. The van der Waals surface area contributed by atoms with E-state index in [0.717, 1.165) is 121 Å². The molecule has 95 heavy (non-hydrogen) atoms. The molecule has 0 fully saturated rings. The fourth-order valence-corrected chi connectivity index (χ4v) is 12.7. The molecular weight excluding hydrogens is 1250 g/mol. The Morgan fingerprint density at radius 2 is 0.589 bits per heavy atom. The van der Waals surface area contributed by atoms with Crippen LogP contribution in [0.1, 0.15) is 375 Å². The highest BCUT2D eigenvalue weighted by Gasteiger charge is 2.30. The third-order valence-electron chi connectivity index (χ3n) is 17.5. The Morgan fingerprint density at radius 1 is 0.337 bits per heavy atom. The lowest BCUT2D eigenvalue weighted by molar-refractivity contribution is -0.161. The number of aliphatic hydroxyl groups excluding tert-OH is 1. The SMILES string of the molecule is CCCCCC/C=C\C=C/CCCCCCCC(=O)OC[C@H](COP(=O)(O)OC[C@@H](O)COP(=O)(O)OC[C@@H](COC(=O)CCCCCCCCC(C)CC)OC(=O)CCCCCCCCCCCCCCCC)OC(=O)CCCCCCCCCCCCCCCCCC. The molecule has 0 aromatic heterocycles. The normalized spacial score (nSPS) is 14.4. The van der Waals surface area contributed by atoms with Crippen LogP contribution < -0.4 is 0 Å². The Bertz CT molecular complexity index is 1920. The monoisotopic (exact) mass is 1390 g/mol. The van der Waals surface area contributed by atoms with Gasteiger partial charge in [0.25, 0.3) is 0 Å². The molecule has 0 spiro atoms. The summed E-state index contributed by atoms with van der Waals surface area (Å²) in [7, 11) is -9.92. The van der Waals surface area contributed by atoms with Crippen LogP contribution in [-0.4, -0.2) is 96.7 Å². The number of hydrogen-bond acceptors (Lipinski definition) is 15. The molecule has 0 aliphatic carbocycles. The van der Waals surface area contributed by atoms with Crippen molar-refractivity contribution in [2.24, 2.45) is 5.92 Å². The van der Waals surface area contributed by atoms with E-state index in [4.69, 9.17) is 37.0 Å². The van der Waals surface area contributed by atoms with Crippen molar-refractivity contribution in [1.82, 2.24) is 0 Å². The van der Waals surface area contributed by atoms with E-state index in [-0.39, 0.29) is 25.7 Å². The van der Waals surface area contributed by atoms with Crippen molar-refractivity contribution in [3.63, 3.8) is 0 Å². The molecule has 6 atom stereocenters. The average molecular weight is 1390 g/mol. The van der Waals surface area contributed by atoms with Crippen molar-refractivity contribution in [3.8, 4) is 0 Å². The summed E-state index contributed by atoms with van der Waals surface area (Å²) in [6, 6.07) is 0. The molecule has 0 saturated carbocycles. The molecule has 0 saturated heterocycles. The number of carbonyl (C=O) groups excluding carboxylic acids is 4. The Hall–Kier alpha value is -2.46. The summed E-state index contributed by atoms with van der Waals surface area (Å²) in [6.07, 6.45) is 60.4. The highest BCUT2D eigenvalue weighted by Crippen LogP contribution is 2.45. The Balaban J connectivity index is 5.29. The predicted molar refractivity (Wildman–Crippen MR) is 386 cm³/mol. The van der Waals surface area contributed by atoms with Gasteiger partial charge in [-0.15, -0.1) is 0 Å². The van der Waals surface area contributed by atoms with Gasteiger partial charge >= 0.3 is 39.5 Å². The van der Waals surface area contributed by atoms with Crippen LogP contribution in [-0.2, 0) is 65.4 Å². The molecule has 3 N–H and O–H groups in total. The lowest BCUT2D eigenvalue weighted by Gasteiger charge is -2.21. The van der Waals surface area contributed by atoms with Gasteiger partial charge in [-0.2, -0.15) is 0 Å². The summed E-state index contributed by atoms with van der Waals surface area (Å²) >= 11 is 0. The topological polar surface area (TPSA) is 237 Å². The van der Waals surface area contributed by atoms with Gasteiger partial charge in [0, 0.05) is 25.7 Å². The molecule has 560 valence electrons. The van der Waals surface area contributed by atoms with Crippen LogP contribution in [0.3, 0.4) is 0 Å². The van der Waals surface area contributed by atoms with Crippen LogP contribution in [0.2, 0.25) is 0 Å². The van der Waals surface area contributed by atoms with Gasteiger partial charge in [-0.1, -0.05) is 322 Å². The van der Waals surface area contributed by atoms with E-state index in [1.54, 1.807) is 0 Å². The molecule has 0 aromatic carbocycles. The van der Waals surface area contributed by atoms with E-state index in [2.05, 4.69) is 58.9 Å². The first kappa shape index (κ1) is 92.5. The number of phosphoric ester groups is 2. The lowest BCUT2D eigenvalue weighted by Crippen LogP contribution is -2.30. The number of hydrogen-bond donors (Lipinski definition) is 3. The first-order chi connectivity index (χ1) is 46.1. The minimum atomic E-state index is -4.96. The summed E-state index contributed by atoms with van der Waals surface area (Å²) in [6.45, 7) is 7.19. The van der Waals surface area contributed by atoms with Crippen molar-refractivity contribution in [1.29, 1.82) is 0 Å². The van der Waals surface area contributed by atoms with Crippen LogP contribution in [0.4, 0.5) is 0 Å². The Labute approximate surface area is 580 Å². The first-order valence-electron chi connectivity index (χ1n) is 39.0. The standard InChI is InChI=1S/C76H144O17P2/c1-6-10-13-16-19-22-25-28-31-33-36-39-42-45-52-57-62-75(80)92-71(65-86-73(78)59-54-49-43-40-37-35-32-29-26-23-20-17-14-11-7-2)67-90-94(82,83)88-63-70(77)64-89-95(84,85)91-68-72(66-87-74(79)60-55-50-47-46-48-53-58-69(5)9-4)93-76(81)61-56-51-44-41-38-34-30-27-24-21-18-15-12-8-3/h23,26,29,32,69-72,77H,6-22,24-25,27-28,30-31,33-68H2,1-5H3,(H,82,83)(H,84,85)/b26-23-,32-29-/t69?,70-,71-,72-/m1/s1. The van der Waals surface area contributed by atoms with E-state index in [1.807, 2.05) is 0 Å². The molecule has 0 aliphatic heterocycles. The number of ether oxygens (including phenoxy) is 4. The van der Waals surface area contributed by atoms with E-state index < -0.39 is 97.5 Å². The van der Waals surface area contributed by atoms with Crippen molar-refractivity contribution in [3.05, 3.63) is 24.3 Å². The number of carbonyl (C=O) groups is 4. The zero-order valence-corrected chi connectivity index (χ0v) is 63.1. The van der Waals surface area contributed by atoms with Gasteiger partial charge in [-0.3, -0.25) is 37.3 Å². The molecule has 0 amide bonds. The fourth-order valence-electron chi connectivity index (χ4n) is 11.1. The van der Waals surface area contributed by atoms with Crippen molar-refractivity contribution < 1.29 is 80.2 Å². The van der Waals surface area contributed by atoms with E-state index in [9.17, 15) is 43.2 Å². The molecule has 0 rings (SSSR count). The highest BCUT2D eigenvalue weighted by atomic mass is 31.2. The second kappa shape index (κ2) is 68.7. The zero-order chi connectivity index (χ0) is 69.8. The van der Waals surface area contributed by atoms with E-state index >= 15 is 0 Å². The number of allylic oxidation sites excluding steroid dienone is 4. The zero-order valence-electron chi connectivity index (χ0n) is 61.3. The van der Waals surface area contributed by atoms with Gasteiger partial charge in [0.2, 0.25) is 0 Å².